The Morgan fingerprint density at radius 2 is 1.84 bits per heavy atom. The number of alkyl halides is 5. The van der Waals surface area contributed by atoms with E-state index in [9.17, 15) is 27.2 Å². The molecule has 4 saturated carbocycles. The average Bonchev–Trinajstić information content (AvgIpc) is 3.36. The minimum Gasteiger partial charge on any atom is -0.368 e. The molecule has 0 aromatic rings. The first-order chi connectivity index (χ1) is 14.5. The quantitative estimate of drug-likeness (QED) is 0.396. The van der Waals surface area contributed by atoms with Gasteiger partial charge in [-0.2, -0.15) is 13.2 Å². The van der Waals surface area contributed by atoms with Gasteiger partial charge in [-0.25, -0.2) is 4.39 Å². The van der Waals surface area contributed by atoms with Crippen LogP contribution in [0.4, 0.5) is 17.6 Å². The van der Waals surface area contributed by atoms with Crippen molar-refractivity contribution in [1.29, 1.82) is 0 Å². The molecular formula is C19H26ClF4N3O3S. The molecule has 3 N–H and O–H groups in total. The number of halogens is 5. The summed E-state index contributed by atoms with van der Waals surface area (Å²) in [5.74, 6) is -0.682. The van der Waals surface area contributed by atoms with Crippen molar-refractivity contribution in [2.45, 2.75) is 90.5 Å². The summed E-state index contributed by atoms with van der Waals surface area (Å²) in [6.45, 7) is -0.185. The highest BCUT2D eigenvalue weighted by atomic mass is 35.5. The highest BCUT2D eigenvalue weighted by Gasteiger charge is 2.62. The van der Waals surface area contributed by atoms with E-state index in [1.54, 1.807) is 0 Å². The molecule has 5 aliphatic rings. The van der Waals surface area contributed by atoms with Crippen LogP contribution in [0.15, 0.2) is 0 Å². The fourth-order valence-corrected chi connectivity index (χ4v) is 6.54. The summed E-state index contributed by atoms with van der Waals surface area (Å²) in [6, 6.07) is 0. The summed E-state index contributed by atoms with van der Waals surface area (Å²) >= 11 is 6.44. The maximum atomic E-state index is 13.7. The Balaban J connectivity index is 1.20. The van der Waals surface area contributed by atoms with E-state index in [0.29, 0.717) is 50.3 Å². The number of ether oxygens (including phenoxy) is 1. The van der Waals surface area contributed by atoms with E-state index in [2.05, 4.69) is 16.0 Å². The number of nitrogens with one attached hydrogen (secondary N) is 3. The smallest absolute Gasteiger partial charge is 0.368 e. The average molecular weight is 488 g/mol. The van der Waals surface area contributed by atoms with Gasteiger partial charge in [-0.1, -0.05) is 0 Å². The van der Waals surface area contributed by atoms with Gasteiger partial charge in [-0.3, -0.25) is 14.9 Å². The van der Waals surface area contributed by atoms with E-state index in [-0.39, 0.29) is 31.6 Å². The van der Waals surface area contributed by atoms with Gasteiger partial charge >= 0.3 is 6.18 Å². The molecule has 0 aromatic heterocycles. The molecule has 0 radical (unpaired) electrons. The Morgan fingerprint density at radius 1 is 1.16 bits per heavy atom. The van der Waals surface area contributed by atoms with Crippen LogP contribution in [-0.4, -0.2) is 70.5 Å². The van der Waals surface area contributed by atoms with Crippen LogP contribution < -0.4 is 16.0 Å². The number of amides is 2. The molecule has 0 aromatic carbocycles. The second-order valence-corrected chi connectivity index (χ2v) is 11.1. The highest BCUT2D eigenvalue weighted by molar-refractivity contribution is 8.01. The monoisotopic (exact) mass is 487 g/mol. The second-order valence-electron chi connectivity index (χ2n) is 9.18. The van der Waals surface area contributed by atoms with Crippen molar-refractivity contribution < 1.29 is 31.9 Å². The van der Waals surface area contributed by atoms with Crippen molar-refractivity contribution in [2.75, 3.05) is 13.2 Å². The summed E-state index contributed by atoms with van der Waals surface area (Å²) in [7, 11) is 0. The fraction of sp³-hybridized carbons (Fsp3) is 0.895. The lowest BCUT2D eigenvalue weighted by atomic mass is 9.71. The molecule has 5 fully saturated rings. The minimum absolute atomic E-state index is 0.0264. The highest BCUT2D eigenvalue weighted by Crippen LogP contribution is 2.55. The molecule has 5 rings (SSSR count). The standard InChI is InChI=1S/C19H26ClF4N3O3S/c20-11-2-1-10(5-12(11)21)30-7-14(28)26-17-3-4-18(8-17,9-17)27-15(29)13-6-25-16(31-13)19(22,23)24/h10-13,16,25H,1-9H2,(H,26,28)(H,27,29). The van der Waals surface area contributed by atoms with Gasteiger partial charge in [0.1, 0.15) is 12.8 Å². The lowest BCUT2D eigenvalue weighted by Gasteiger charge is -2.48. The first-order valence-corrected chi connectivity index (χ1v) is 11.9. The Bertz CT molecular complexity index is 722. The maximum Gasteiger partial charge on any atom is 0.413 e. The molecule has 2 bridgehead atoms. The zero-order valence-corrected chi connectivity index (χ0v) is 18.3. The van der Waals surface area contributed by atoms with Crippen molar-refractivity contribution in [3.63, 3.8) is 0 Å². The minimum atomic E-state index is -4.39. The lowest BCUT2D eigenvalue weighted by Crippen LogP contribution is -2.65. The molecule has 176 valence electrons. The van der Waals surface area contributed by atoms with Gasteiger partial charge in [-0.05, 0) is 38.5 Å². The molecule has 1 heterocycles. The third-order valence-electron chi connectivity index (χ3n) is 6.70. The summed E-state index contributed by atoms with van der Waals surface area (Å²) in [6.07, 6.45) is -2.08. The molecule has 12 heteroatoms. The lowest BCUT2D eigenvalue weighted by molar-refractivity contribution is -0.133. The Kier molecular flexibility index (Phi) is 6.44. The van der Waals surface area contributed by atoms with Crippen LogP contribution in [0, 0.1) is 0 Å². The van der Waals surface area contributed by atoms with Crippen LogP contribution >= 0.6 is 23.4 Å². The van der Waals surface area contributed by atoms with Crippen molar-refractivity contribution in [1.82, 2.24) is 16.0 Å². The number of thioether (sulfide) groups is 1. The van der Waals surface area contributed by atoms with Gasteiger partial charge in [0, 0.05) is 24.0 Å². The number of carbonyl (C=O) groups is 2. The van der Waals surface area contributed by atoms with Crippen LogP contribution in [0.2, 0.25) is 0 Å². The zero-order valence-electron chi connectivity index (χ0n) is 16.8. The zero-order chi connectivity index (χ0) is 22.4. The van der Waals surface area contributed by atoms with Gasteiger partial charge in [-0.15, -0.1) is 23.4 Å². The van der Waals surface area contributed by atoms with Crippen molar-refractivity contribution >= 4 is 35.2 Å². The van der Waals surface area contributed by atoms with E-state index in [0.717, 1.165) is 0 Å². The fourth-order valence-electron chi connectivity index (χ4n) is 5.26. The third-order valence-corrected chi connectivity index (χ3v) is 8.61. The molecule has 6 nitrogen and oxygen atoms in total. The molecule has 1 saturated heterocycles. The van der Waals surface area contributed by atoms with E-state index in [1.165, 1.54) is 0 Å². The van der Waals surface area contributed by atoms with Crippen LogP contribution in [0.5, 0.6) is 0 Å². The molecule has 31 heavy (non-hydrogen) atoms. The summed E-state index contributed by atoms with van der Waals surface area (Å²) in [4.78, 5) is 24.8. The molecule has 4 aliphatic carbocycles. The molecule has 5 atom stereocenters. The third kappa shape index (κ3) is 5.09. The Labute approximate surface area is 186 Å². The van der Waals surface area contributed by atoms with Crippen LogP contribution in [0.25, 0.3) is 0 Å². The first kappa shape index (κ1) is 23.4. The molecule has 1 aliphatic heterocycles. The predicted molar refractivity (Wildman–Crippen MR) is 108 cm³/mol. The first-order valence-electron chi connectivity index (χ1n) is 10.5. The van der Waals surface area contributed by atoms with Crippen molar-refractivity contribution in [2.24, 2.45) is 0 Å². The Morgan fingerprint density at radius 3 is 2.45 bits per heavy atom. The summed E-state index contributed by atoms with van der Waals surface area (Å²) < 4.78 is 57.6. The number of carbonyl (C=O) groups excluding carboxylic acids is 2. The van der Waals surface area contributed by atoms with Crippen molar-refractivity contribution in [3.05, 3.63) is 0 Å². The molecule has 5 unspecified atom stereocenters. The second kappa shape index (κ2) is 8.53. The van der Waals surface area contributed by atoms with E-state index in [4.69, 9.17) is 16.3 Å². The van der Waals surface area contributed by atoms with Crippen LogP contribution in [0.3, 0.4) is 0 Å². The normalized spacial score (nSPS) is 42.2. The molecule has 0 spiro atoms. The number of fused-ring (bicyclic) bond motifs is 1. The van der Waals surface area contributed by atoms with E-state index < -0.39 is 45.3 Å². The SMILES string of the molecule is O=C(COC1CCC(Cl)C(F)C1)NC12CCC(NC(=O)C3CNC(C(F)(F)F)S3)(C1)C2. The van der Waals surface area contributed by atoms with Gasteiger partial charge in [0.25, 0.3) is 0 Å². The predicted octanol–water partition coefficient (Wildman–Crippen LogP) is 2.39. The summed E-state index contributed by atoms with van der Waals surface area (Å²) in [5, 5.41) is 5.22. The van der Waals surface area contributed by atoms with E-state index >= 15 is 0 Å². The van der Waals surface area contributed by atoms with Gasteiger partial charge in [0.2, 0.25) is 11.8 Å². The molecular weight excluding hydrogens is 462 g/mol. The van der Waals surface area contributed by atoms with Gasteiger partial charge in [0.15, 0.2) is 5.37 Å². The number of rotatable bonds is 6. The van der Waals surface area contributed by atoms with Crippen LogP contribution in [-0.2, 0) is 14.3 Å². The topological polar surface area (TPSA) is 79.5 Å². The van der Waals surface area contributed by atoms with E-state index in [1.807, 2.05) is 0 Å². The van der Waals surface area contributed by atoms with Gasteiger partial charge in [0.05, 0.1) is 16.7 Å². The number of hydrogen-bond donors (Lipinski definition) is 3. The van der Waals surface area contributed by atoms with Gasteiger partial charge < -0.3 is 15.4 Å². The molecule has 2 amide bonds. The van der Waals surface area contributed by atoms with Crippen molar-refractivity contribution in [3.8, 4) is 0 Å². The largest absolute Gasteiger partial charge is 0.413 e. The Hall–Kier alpha value is -0.780. The maximum absolute atomic E-state index is 13.7. The van der Waals surface area contributed by atoms with Crippen LogP contribution in [0.1, 0.15) is 44.9 Å². The number of hydrogen-bond acceptors (Lipinski definition) is 5. The summed E-state index contributed by atoms with van der Waals surface area (Å²) in [5.41, 5.74) is -0.887.